The number of nitrogens with zero attached hydrogens (tertiary/aromatic N) is 1. The van der Waals surface area contributed by atoms with Crippen LogP contribution in [0.5, 0.6) is 0 Å². The fraction of sp³-hybridized carbons (Fsp3) is 0.333. The van der Waals surface area contributed by atoms with Gasteiger partial charge in [-0.3, -0.25) is 9.59 Å². The van der Waals surface area contributed by atoms with Crippen molar-refractivity contribution in [2.24, 2.45) is 5.92 Å². The molecule has 2 aromatic carbocycles. The van der Waals surface area contributed by atoms with E-state index in [2.05, 4.69) is 10.3 Å². The van der Waals surface area contributed by atoms with Crippen molar-refractivity contribution >= 4 is 33.1 Å². The van der Waals surface area contributed by atoms with E-state index in [1.165, 1.54) is 12.1 Å². The Kier molecular flexibility index (Phi) is 5.43. The van der Waals surface area contributed by atoms with E-state index in [0.717, 1.165) is 65.2 Å². The first-order chi connectivity index (χ1) is 13.6. The molecule has 5 nitrogen and oxygen atoms in total. The molecule has 28 heavy (non-hydrogen) atoms. The number of benzene rings is 2. The number of hydrogen-bond acceptors (Lipinski definition) is 4. The predicted octanol–water partition coefficient (Wildman–Crippen LogP) is 3.62. The summed E-state index contributed by atoms with van der Waals surface area (Å²) in [5.74, 6) is 0.408. The molecule has 1 aliphatic rings. The highest BCUT2D eigenvalue weighted by Gasteiger charge is 2.22. The summed E-state index contributed by atoms with van der Waals surface area (Å²) in [7, 11) is 0. The maximum Gasteiger partial charge on any atom is 0.305 e. The Morgan fingerprint density at radius 3 is 2.68 bits per heavy atom. The number of aromatic amines is 1. The second-order valence-corrected chi connectivity index (χ2v) is 8.25. The maximum atomic E-state index is 13.0. The summed E-state index contributed by atoms with van der Waals surface area (Å²) in [5, 5.41) is 3.16. The summed E-state index contributed by atoms with van der Waals surface area (Å²) in [4.78, 5) is 28.5. The number of rotatable bonds is 5. The highest BCUT2D eigenvalue weighted by atomic mass is 32.1. The zero-order valence-electron chi connectivity index (χ0n) is 15.4. The molecule has 0 spiro atoms. The molecular weight excluding hydrogens is 377 g/mol. The van der Waals surface area contributed by atoms with Crippen molar-refractivity contribution in [3.8, 4) is 0 Å². The van der Waals surface area contributed by atoms with Crippen LogP contribution in [0.3, 0.4) is 0 Å². The van der Waals surface area contributed by atoms with E-state index >= 15 is 0 Å². The number of likely N-dealkylation sites (tertiary alicyclic amines) is 1. The Morgan fingerprint density at radius 2 is 1.93 bits per heavy atom. The number of carbonyl (C=O) groups is 1. The van der Waals surface area contributed by atoms with E-state index in [-0.39, 0.29) is 23.1 Å². The summed E-state index contributed by atoms with van der Waals surface area (Å²) < 4.78 is 13.9. The van der Waals surface area contributed by atoms with Gasteiger partial charge in [0.1, 0.15) is 5.82 Å². The number of piperidine rings is 1. The van der Waals surface area contributed by atoms with Gasteiger partial charge in [0.25, 0.3) is 0 Å². The lowest BCUT2D eigenvalue weighted by atomic mass is 9.90. The van der Waals surface area contributed by atoms with E-state index in [9.17, 15) is 14.0 Å². The zero-order chi connectivity index (χ0) is 19.5. The summed E-state index contributed by atoms with van der Waals surface area (Å²) in [5.41, 5.74) is 2.80. The van der Waals surface area contributed by atoms with Crippen molar-refractivity contribution in [1.29, 1.82) is 0 Å². The number of amides is 1. The van der Waals surface area contributed by atoms with Gasteiger partial charge in [-0.2, -0.15) is 0 Å². The first-order valence-electron chi connectivity index (χ1n) is 9.46. The van der Waals surface area contributed by atoms with Crippen LogP contribution in [-0.2, 0) is 11.2 Å². The molecular formula is C21H22FN3O2S. The summed E-state index contributed by atoms with van der Waals surface area (Å²) in [6, 6.07) is 12.3. The molecule has 1 aromatic heterocycles. The molecule has 0 aliphatic carbocycles. The lowest BCUT2D eigenvalue weighted by Crippen LogP contribution is -2.41. The topological polar surface area (TPSA) is 65.2 Å². The highest BCUT2D eigenvalue weighted by Crippen LogP contribution is 2.23. The molecule has 0 radical (unpaired) electrons. The Balaban J connectivity index is 1.26. The largest absolute Gasteiger partial charge is 0.376 e. The predicted molar refractivity (Wildman–Crippen MR) is 110 cm³/mol. The van der Waals surface area contributed by atoms with Crippen LogP contribution in [0, 0.1) is 11.7 Å². The number of carbonyl (C=O) groups excluding carboxylic acids is 1. The Bertz CT molecular complexity index is 1020. The molecule has 1 aliphatic heterocycles. The van der Waals surface area contributed by atoms with E-state index in [0.29, 0.717) is 5.92 Å². The summed E-state index contributed by atoms with van der Waals surface area (Å²) in [6.45, 7) is 1.75. The van der Waals surface area contributed by atoms with Gasteiger partial charge < -0.3 is 15.2 Å². The number of nitrogens with one attached hydrogen (secondary N) is 2. The van der Waals surface area contributed by atoms with Crippen LogP contribution >= 0.6 is 11.3 Å². The third kappa shape index (κ3) is 4.42. The fourth-order valence-corrected chi connectivity index (χ4v) is 4.46. The van der Waals surface area contributed by atoms with Crippen LogP contribution in [-0.4, -0.2) is 35.4 Å². The van der Waals surface area contributed by atoms with Gasteiger partial charge in [0.2, 0.25) is 5.91 Å². The minimum absolute atomic E-state index is 0.0771. The number of fused-ring (bicyclic) bond motifs is 1. The average Bonchev–Trinajstić information content (AvgIpc) is 3.08. The van der Waals surface area contributed by atoms with Gasteiger partial charge >= 0.3 is 4.87 Å². The molecule has 2 heterocycles. The molecule has 7 heteroatoms. The lowest BCUT2D eigenvalue weighted by molar-refractivity contribution is -0.130. The van der Waals surface area contributed by atoms with Gasteiger partial charge in [-0.25, -0.2) is 4.39 Å². The Morgan fingerprint density at radius 1 is 1.18 bits per heavy atom. The SMILES string of the molecule is O=C(CNc1ccc2[nH]c(=O)sc2c1)N1CCC(Cc2ccc(F)cc2)CC1. The van der Waals surface area contributed by atoms with Gasteiger partial charge in [0.15, 0.2) is 0 Å². The zero-order valence-corrected chi connectivity index (χ0v) is 16.2. The number of hydrogen-bond donors (Lipinski definition) is 2. The minimum Gasteiger partial charge on any atom is -0.376 e. The smallest absolute Gasteiger partial charge is 0.305 e. The molecule has 2 N–H and O–H groups in total. The normalized spacial score (nSPS) is 15.1. The van der Waals surface area contributed by atoms with Gasteiger partial charge in [0.05, 0.1) is 16.8 Å². The van der Waals surface area contributed by atoms with Crippen molar-refractivity contribution in [3.05, 3.63) is 63.5 Å². The van der Waals surface area contributed by atoms with Crippen molar-refractivity contribution in [2.45, 2.75) is 19.3 Å². The number of H-pyrrole nitrogens is 1. The Hall–Kier alpha value is -2.67. The average molecular weight is 399 g/mol. The van der Waals surface area contributed by atoms with Crippen LogP contribution in [0.25, 0.3) is 10.2 Å². The van der Waals surface area contributed by atoms with Crippen molar-refractivity contribution in [3.63, 3.8) is 0 Å². The van der Waals surface area contributed by atoms with Gasteiger partial charge in [-0.1, -0.05) is 23.5 Å². The van der Waals surface area contributed by atoms with Crippen molar-refractivity contribution < 1.29 is 9.18 Å². The molecule has 3 aromatic rings. The van der Waals surface area contributed by atoms with E-state index in [1.807, 2.05) is 35.2 Å². The molecule has 146 valence electrons. The van der Waals surface area contributed by atoms with E-state index in [4.69, 9.17) is 0 Å². The maximum absolute atomic E-state index is 13.0. The van der Waals surface area contributed by atoms with Crippen molar-refractivity contribution in [2.75, 3.05) is 25.0 Å². The highest BCUT2D eigenvalue weighted by molar-refractivity contribution is 7.16. The molecule has 1 fully saturated rings. The van der Waals surface area contributed by atoms with Crippen LogP contribution in [0.15, 0.2) is 47.3 Å². The second kappa shape index (κ2) is 8.14. The van der Waals surface area contributed by atoms with Crippen LogP contribution < -0.4 is 10.2 Å². The lowest BCUT2D eigenvalue weighted by Gasteiger charge is -2.32. The number of anilines is 1. The van der Waals surface area contributed by atoms with Crippen molar-refractivity contribution in [1.82, 2.24) is 9.88 Å². The van der Waals surface area contributed by atoms with Gasteiger partial charge in [-0.05, 0) is 61.1 Å². The number of thiazole rings is 1. The molecule has 1 saturated heterocycles. The second-order valence-electron chi connectivity index (χ2n) is 7.23. The fourth-order valence-electron chi connectivity index (χ4n) is 3.69. The third-order valence-electron chi connectivity index (χ3n) is 5.27. The molecule has 0 bridgehead atoms. The van der Waals surface area contributed by atoms with Gasteiger partial charge in [0, 0.05) is 18.8 Å². The monoisotopic (exact) mass is 399 g/mol. The quantitative estimate of drug-likeness (QED) is 0.689. The summed E-state index contributed by atoms with van der Waals surface area (Å²) in [6.07, 6.45) is 2.86. The number of aromatic nitrogens is 1. The molecule has 1 amide bonds. The van der Waals surface area contributed by atoms with Crippen LogP contribution in [0.4, 0.5) is 10.1 Å². The first-order valence-corrected chi connectivity index (χ1v) is 10.3. The third-order valence-corrected chi connectivity index (χ3v) is 6.11. The molecule has 0 unspecified atom stereocenters. The van der Waals surface area contributed by atoms with E-state index < -0.39 is 0 Å². The number of halogens is 1. The molecule has 0 atom stereocenters. The molecule has 0 saturated carbocycles. The molecule has 4 rings (SSSR count). The van der Waals surface area contributed by atoms with Crippen LogP contribution in [0.2, 0.25) is 0 Å². The Labute approximate surface area is 166 Å². The van der Waals surface area contributed by atoms with E-state index in [1.54, 1.807) is 0 Å². The standard InChI is InChI=1S/C21H22FN3O2S/c22-16-3-1-14(2-4-16)11-15-7-9-25(10-8-15)20(26)13-23-17-5-6-18-19(12-17)28-21(27)24-18/h1-6,12,15,23H,7-11,13H2,(H,24,27). The minimum atomic E-state index is -0.207. The first kappa shape index (κ1) is 18.7. The van der Waals surface area contributed by atoms with Gasteiger partial charge in [-0.15, -0.1) is 0 Å². The van der Waals surface area contributed by atoms with Crippen LogP contribution in [0.1, 0.15) is 18.4 Å². The summed E-state index contributed by atoms with van der Waals surface area (Å²) >= 11 is 1.16.